The van der Waals surface area contributed by atoms with Crippen LogP contribution in [0, 0.1) is 5.92 Å². The van der Waals surface area contributed by atoms with Crippen LogP contribution < -0.4 is 5.32 Å². The lowest BCUT2D eigenvalue weighted by atomic mass is 9.87. The number of benzene rings is 1. The number of nitrogens with one attached hydrogen (secondary N) is 1. The second-order valence-electron chi connectivity index (χ2n) is 7.84. The first-order chi connectivity index (χ1) is 13.3. The van der Waals surface area contributed by atoms with Crippen molar-refractivity contribution in [2.45, 2.75) is 57.6 Å². The molecule has 0 radical (unpaired) electrons. The average molecular weight is 367 g/mol. The van der Waals surface area contributed by atoms with Gasteiger partial charge in [0.15, 0.2) is 0 Å². The van der Waals surface area contributed by atoms with Gasteiger partial charge in [-0.25, -0.2) is 0 Å². The van der Waals surface area contributed by atoms with E-state index in [0.717, 1.165) is 18.7 Å². The van der Waals surface area contributed by atoms with Gasteiger partial charge in [-0.15, -0.1) is 0 Å². The third kappa shape index (κ3) is 4.78. The van der Waals surface area contributed by atoms with E-state index in [1.165, 1.54) is 43.2 Å². The molecule has 1 aromatic heterocycles. The molecule has 27 heavy (non-hydrogen) atoms. The Morgan fingerprint density at radius 2 is 2.00 bits per heavy atom. The predicted molar refractivity (Wildman–Crippen MR) is 104 cm³/mol. The quantitative estimate of drug-likeness (QED) is 0.848. The summed E-state index contributed by atoms with van der Waals surface area (Å²) >= 11 is 0. The van der Waals surface area contributed by atoms with Gasteiger partial charge < -0.3 is 10.1 Å². The minimum atomic E-state index is -0.138. The van der Waals surface area contributed by atoms with Gasteiger partial charge in [-0.2, -0.15) is 5.10 Å². The molecule has 0 bridgehead atoms. The number of hydrogen-bond acceptors (Lipinski definition) is 3. The average Bonchev–Trinajstić information content (AvgIpc) is 3.11. The maximum absolute atomic E-state index is 12.3. The van der Waals surface area contributed by atoms with E-state index in [1.807, 2.05) is 22.9 Å². The van der Waals surface area contributed by atoms with E-state index in [0.29, 0.717) is 25.5 Å². The van der Waals surface area contributed by atoms with E-state index in [9.17, 15) is 4.79 Å². The van der Waals surface area contributed by atoms with Crippen molar-refractivity contribution in [3.8, 4) is 0 Å². The third-order valence-corrected chi connectivity index (χ3v) is 5.74. The second-order valence-corrected chi connectivity index (χ2v) is 7.84. The van der Waals surface area contributed by atoms with Crippen molar-refractivity contribution in [2.75, 3.05) is 13.2 Å². The van der Waals surface area contributed by atoms with Crippen LogP contribution >= 0.6 is 0 Å². The molecule has 144 valence electrons. The Hall–Kier alpha value is -2.14. The first-order valence-electron chi connectivity index (χ1n) is 10.3. The molecule has 0 spiro atoms. The van der Waals surface area contributed by atoms with E-state index in [1.54, 1.807) is 0 Å². The summed E-state index contributed by atoms with van der Waals surface area (Å²) in [7, 11) is 0. The molecule has 0 saturated heterocycles. The van der Waals surface area contributed by atoms with Crippen molar-refractivity contribution < 1.29 is 9.53 Å². The summed E-state index contributed by atoms with van der Waals surface area (Å²) in [6, 6.07) is 10.3. The Balaban J connectivity index is 1.34. The molecule has 1 N–H and O–H groups in total. The van der Waals surface area contributed by atoms with Crippen molar-refractivity contribution in [2.24, 2.45) is 5.92 Å². The zero-order valence-electron chi connectivity index (χ0n) is 15.9. The van der Waals surface area contributed by atoms with Gasteiger partial charge >= 0.3 is 0 Å². The largest absolute Gasteiger partial charge is 0.370 e. The third-order valence-electron chi connectivity index (χ3n) is 5.74. The molecule has 1 atom stereocenters. The number of rotatable bonds is 6. The number of amides is 1. The van der Waals surface area contributed by atoms with Gasteiger partial charge in [-0.3, -0.25) is 9.48 Å². The standard InChI is InChI=1S/C22H29N3O2/c26-21(13-17-7-3-1-4-8-17)23-14-20-22-19(11-12-27-20)16-25(24-22)15-18-9-5-2-6-10-18/h2,5-6,9-10,16-17,20H,1,3-4,7-8,11-15H2,(H,23,26)/t20-/m0/s1. The van der Waals surface area contributed by atoms with Crippen LogP contribution in [0.3, 0.4) is 0 Å². The van der Waals surface area contributed by atoms with Crippen LogP contribution in [0.15, 0.2) is 36.5 Å². The minimum Gasteiger partial charge on any atom is -0.370 e. The van der Waals surface area contributed by atoms with Crippen LogP contribution in [0.5, 0.6) is 0 Å². The minimum absolute atomic E-state index is 0.138. The molecule has 1 saturated carbocycles. The Morgan fingerprint density at radius 3 is 2.81 bits per heavy atom. The summed E-state index contributed by atoms with van der Waals surface area (Å²) in [5.74, 6) is 0.716. The summed E-state index contributed by atoms with van der Waals surface area (Å²) in [5, 5.41) is 7.85. The molecular weight excluding hydrogens is 338 g/mol. The smallest absolute Gasteiger partial charge is 0.220 e. The topological polar surface area (TPSA) is 56.1 Å². The van der Waals surface area contributed by atoms with Crippen LogP contribution in [0.4, 0.5) is 0 Å². The molecule has 2 heterocycles. The van der Waals surface area contributed by atoms with Gasteiger partial charge in [0, 0.05) is 19.2 Å². The Kier molecular flexibility index (Phi) is 5.87. The normalized spacial score (nSPS) is 20.2. The number of carbonyl (C=O) groups excluding carboxylic acids is 1. The van der Waals surface area contributed by atoms with Crippen LogP contribution in [-0.2, 0) is 22.5 Å². The van der Waals surface area contributed by atoms with Gasteiger partial charge in [-0.1, -0.05) is 49.6 Å². The van der Waals surface area contributed by atoms with Gasteiger partial charge in [0.1, 0.15) is 6.10 Å². The van der Waals surface area contributed by atoms with Gasteiger partial charge in [0.05, 0.1) is 18.8 Å². The van der Waals surface area contributed by atoms with Gasteiger partial charge in [0.2, 0.25) is 5.91 Å². The SMILES string of the molecule is O=C(CC1CCCCC1)NC[C@@H]1OCCc2cn(Cc3ccccc3)nc21. The zero-order chi connectivity index (χ0) is 18.5. The van der Waals surface area contributed by atoms with Crippen molar-refractivity contribution >= 4 is 5.91 Å². The number of aromatic nitrogens is 2. The van der Waals surface area contributed by atoms with E-state index >= 15 is 0 Å². The summed E-state index contributed by atoms with van der Waals surface area (Å²) in [6.45, 7) is 1.96. The van der Waals surface area contributed by atoms with Crippen LogP contribution in [0.25, 0.3) is 0 Å². The monoisotopic (exact) mass is 367 g/mol. The molecule has 5 heteroatoms. The maximum Gasteiger partial charge on any atom is 0.220 e. The fraction of sp³-hybridized carbons (Fsp3) is 0.545. The first kappa shape index (κ1) is 18.2. The molecule has 0 unspecified atom stereocenters. The van der Waals surface area contributed by atoms with Crippen molar-refractivity contribution in [1.29, 1.82) is 0 Å². The zero-order valence-corrected chi connectivity index (χ0v) is 15.9. The van der Waals surface area contributed by atoms with Crippen LogP contribution in [0.2, 0.25) is 0 Å². The van der Waals surface area contributed by atoms with Gasteiger partial charge in [0.25, 0.3) is 0 Å². The summed E-state index contributed by atoms with van der Waals surface area (Å²) in [5.41, 5.74) is 3.45. The lowest BCUT2D eigenvalue weighted by Gasteiger charge is -2.24. The molecule has 1 aromatic carbocycles. The molecule has 1 fully saturated rings. The highest BCUT2D eigenvalue weighted by atomic mass is 16.5. The highest BCUT2D eigenvalue weighted by Gasteiger charge is 2.26. The Labute approximate surface area is 161 Å². The lowest BCUT2D eigenvalue weighted by Crippen LogP contribution is -2.33. The van der Waals surface area contributed by atoms with E-state index in [-0.39, 0.29) is 12.0 Å². The summed E-state index contributed by atoms with van der Waals surface area (Å²) < 4.78 is 7.91. The number of ether oxygens (including phenoxy) is 1. The first-order valence-corrected chi connectivity index (χ1v) is 10.3. The van der Waals surface area contributed by atoms with Crippen LogP contribution in [-0.4, -0.2) is 28.8 Å². The van der Waals surface area contributed by atoms with E-state index < -0.39 is 0 Å². The number of nitrogens with zero attached hydrogens (tertiary/aromatic N) is 2. The highest BCUT2D eigenvalue weighted by Crippen LogP contribution is 2.27. The molecule has 2 aliphatic rings. The molecule has 1 aliphatic carbocycles. The van der Waals surface area contributed by atoms with E-state index in [4.69, 9.17) is 9.84 Å². The molecule has 4 rings (SSSR count). The maximum atomic E-state index is 12.3. The Morgan fingerprint density at radius 1 is 1.19 bits per heavy atom. The van der Waals surface area contributed by atoms with E-state index in [2.05, 4.69) is 23.6 Å². The number of hydrogen-bond donors (Lipinski definition) is 1. The molecule has 1 amide bonds. The summed E-state index contributed by atoms with van der Waals surface area (Å²) in [4.78, 5) is 12.3. The highest BCUT2D eigenvalue weighted by molar-refractivity contribution is 5.76. The molecular formula is C22H29N3O2. The second kappa shape index (κ2) is 8.70. The Bertz CT molecular complexity index is 750. The fourth-order valence-corrected chi connectivity index (χ4v) is 4.27. The lowest BCUT2D eigenvalue weighted by molar-refractivity contribution is -0.123. The van der Waals surface area contributed by atoms with Crippen LogP contribution in [0.1, 0.15) is 61.4 Å². The molecule has 2 aromatic rings. The van der Waals surface area contributed by atoms with Gasteiger partial charge in [-0.05, 0) is 36.3 Å². The predicted octanol–water partition coefficient (Wildman–Crippen LogP) is 3.63. The van der Waals surface area contributed by atoms with Crippen molar-refractivity contribution in [1.82, 2.24) is 15.1 Å². The fourth-order valence-electron chi connectivity index (χ4n) is 4.27. The summed E-state index contributed by atoms with van der Waals surface area (Å²) in [6.07, 6.45) is 9.78. The van der Waals surface area contributed by atoms with Crippen molar-refractivity contribution in [3.05, 3.63) is 53.3 Å². The van der Waals surface area contributed by atoms with Crippen molar-refractivity contribution in [3.63, 3.8) is 0 Å². The molecule has 1 aliphatic heterocycles. The number of carbonyl (C=O) groups is 1. The number of fused-ring (bicyclic) bond motifs is 1. The molecule has 5 nitrogen and oxygen atoms in total.